The second kappa shape index (κ2) is 6.84. The number of aliphatic carboxylic acids is 1. The Morgan fingerprint density at radius 3 is 2.64 bits per heavy atom. The summed E-state index contributed by atoms with van der Waals surface area (Å²) in [5.74, 6) is -1.52. The molecule has 1 heterocycles. The van der Waals surface area contributed by atoms with Gasteiger partial charge in [-0.1, -0.05) is 0 Å². The molecule has 0 aliphatic rings. The Bertz CT molecular complexity index is 667. The molecule has 2 aromatic rings. The Labute approximate surface area is 126 Å². The monoisotopic (exact) mass is 305 g/mol. The second-order valence-electron chi connectivity index (χ2n) is 4.89. The van der Waals surface area contributed by atoms with E-state index in [0.717, 1.165) is 0 Å². The van der Waals surface area contributed by atoms with Gasteiger partial charge in [0.15, 0.2) is 0 Å². The van der Waals surface area contributed by atoms with Crippen LogP contribution in [0.3, 0.4) is 0 Å². The van der Waals surface area contributed by atoms with E-state index in [9.17, 15) is 14.0 Å². The minimum atomic E-state index is -0.892. The number of benzene rings is 1. The summed E-state index contributed by atoms with van der Waals surface area (Å²) < 4.78 is 13.0. The van der Waals surface area contributed by atoms with Crippen molar-refractivity contribution in [3.05, 3.63) is 41.8 Å². The van der Waals surface area contributed by atoms with E-state index in [4.69, 9.17) is 5.11 Å². The number of nitrogens with zero attached hydrogens (tertiary/aromatic N) is 2. The summed E-state index contributed by atoms with van der Waals surface area (Å²) >= 11 is 0. The molecular formula is C15H16FN3O3. The van der Waals surface area contributed by atoms with Gasteiger partial charge in [0.2, 0.25) is 0 Å². The number of nitrogens with one attached hydrogen (secondary N) is 1. The first kappa shape index (κ1) is 15.7. The number of halogens is 1. The lowest BCUT2D eigenvalue weighted by Gasteiger charge is -2.16. The van der Waals surface area contributed by atoms with Crippen molar-refractivity contribution in [2.75, 3.05) is 13.6 Å². The van der Waals surface area contributed by atoms with Crippen LogP contribution in [0.4, 0.5) is 4.39 Å². The number of hydrogen-bond donors (Lipinski definition) is 2. The van der Waals surface area contributed by atoms with Crippen LogP contribution in [0.1, 0.15) is 23.2 Å². The smallest absolute Gasteiger partial charge is 0.303 e. The fourth-order valence-electron chi connectivity index (χ4n) is 2.06. The molecule has 0 bridgehead atoms. The van der Waals surface area contributed by atoms with Gasteiger partial charge in [-0.2, -0.15) is 5.10 Å². The number of amides is 1. The lowest BCUT2D eigenvalue weighted by atomic mass is 10.1. The van der Waals surface area contributed by atoms with Gasteiger partial charge in [0.05, 0.1) is 17.5 Å². The summed E-state index contributed by atoms with van der Waals surface area (Å²) in [6.07, 6.45) is 1.80. The lowest BCUT2D eigenvalue weighted by Crippen LogP contribution is -2.28. The standard InChI is InChI=1S/C15H16FN3O3/c1-19(8-2-3-13(20)21)15(22)12-9-17-18-14(12)10-4-6-11(16)7-5-10/h4-7,9H,2-3,8H2,1H3,(H,17,18)(H,20,21). The first-order chi connectivity index (χ1) is 10.5. The van der Waals surface area contributed by atoms with Crippen LogP contribution in [0.5, 0.6) is 0 Å². The van der Waals surface area contributed by atoms with Crippen molar-refractivity contribution in [3.63, 3.8) is 0 Å². The van der Waals surface area contributed by atoms with Crippen molar-refractivity contribution in [3.8, 4) is 11.3 Å². The molecule has 116 valence electrons. The maximum absolute atomic E-state index is 13.0. The number of H-pyrrole nitrogens is 1. The van der Waals surface area contributed by atoms with E-state index < -0.39 is 5.97 Å². The van der Waals surface area contributed by atoms with E-state index in [1.54, 1.807) is 19.2 Å². The molecule has 0 saturated carbocycles. The van der Waals surface area contributed by atoms with Crippen molar-refractivity contribution in [1.29, 1.82) is 0 Å². The highest BCUT2D eigenvalue weighted by Crippen LogP contribution is 2.22. The van der Waals surface area contributed by atoms with Gasteiger partial charge in [0.1, 0.15) is 5.82 Å². The van der Waals surface area contributed by atoms with Crippen LogP contribution in [0.15, 0.2) is 30.5 Å². The number of carbonyl (C=O) groups is 2. The molecule has 1 aromatic carbocycles. The van der Waals surface area contributed by atoms with Crippen molar-refractivity contribution in [1.82, 2.24) is 15.1 Å². The van der Waals surface area contributed by atoms with Gasteiger partial charge < -0.3 is 10.0 Å². The normalized spacial score (nSPS) is 10.5. The molecule has 0 unspecified atom stereocenters. The van der Waals surface area contributed by atoms with E-state index in [1.807, 2.05) is 0 Å². The highest BCUT2D eigenvalue weighted by molar-refractivity contribution is 5.99. The Kier molecular flexibility index (Phi) is 4.88. The van der Waals surface area contributed by atoms with E-state index in [-0.39, 0.29) is 18.1 Å². The number of hydrogen-bond acceptors (Lipinski definition) is 3. The van der Waals surface area contributed by atoms with Crippen molar-refractivity contribution >= 4 is 11.9 Å². The SMILES string of the molecule is CN(CCCC(=O)O)C(=O)c1cn[nH]c1-c1ccc(F)cc1. The molecule has 2 rings (SSSR count). The van der Waals surface area contributed by atoms with Crippen LogP contribution in [-0.4, -0.2) is 45.7 Å². The van der Waals surface area contributed by atoms with Crippen LogP contribution < -0.4 is 0 Å². The number of rotatable bonds is 6. The van der Waals surface area contributed by atoms with Gasteiger partial charge in [-0.25, -0.2) is 4.39 Å². The Morgan fingerprint density at radius 2 is 2.00 bits per heavy atom. The van der Waals surface area contributed by atoms with Gasteiger partial charge in [-0.15, -0.1) is 0 Å². The average Bonchev–Trinajstić information content (AvgIpc) is 2.96. The van der Waals surface area contributed by atoms with Crippen molar-refractivity contribution in [2.24, 2.45) is 0 Å². The summed E-state index contributed by atoms with van der Waals surface area (Å²) in [6.45, 7) is 0.333. The first-order valence-electron chi connectivity index (χ1n) is 6.75. The molecule has 1 amide bonds. The zero-order chi connectivity index (χ0) is 16.1. The van der Waals surface area contributed by atoms with E-state index in [1.165, 1.54) is 23.2 Å². The third kappa shape index (κ3) is 3.69. The predicted octanol–water partition coefficient (Wildman–Crippen LogP) is 2.15. The van der Waals surface area contributed by atoms with Crippen LogP contribution in [0.2, 0.25) is 0 Å². The number of aromatic nitrogens is 2. The second-order valence-corrected chi connectivity index (χ2v) is 4.89. The molecule has 1 aromatic heterocycles. The van der Waals surface area contributed by atoms with Crippen LogP contribution in [-0.2, 0) is 4.79 Å². The zero-order valence-corrected chi connectivity index (χ0v) is 12.0. The number of carboxylic acid groups (broad SMARTS) is 1. The van der Waals surface area contributed by atoms with Crippen molar-refractivity contribution in [2.45, 2.75) is 12.8 Å². The lowest BCUT2D eigenvalue weighted by molar-refractivity contribution is -0.137. The van der Waals surface area contributed by atoms with E-state index >= 15 is 0 Å². The van der Waals surface area contributed by atoms with Gasteiger partial charge in [-0.05, 0) is 30.7 Å². The molecule has 7 heteroatoms. The minimum absolute atomic E-state index is 0.00776. The molecule has 0 radical (unpaired) electrons. The average molecular weight is 305 g/mol. The highest BCUT2D eigenvalue weighted by atomic mass is 19.1. The fraction of sp³-hybridized carbons (Fsp3) is 0.267. The van der Waals surface area contributed by atoms with E-state index in [2.05, 4.69) is 10.2 Å². The third-order valence-corrected chi connectivity index (χ3v) is 3.23. The summed E-state index contributed by atoms with van der Waals surface area (Å²) in [6, 6.07) is 5.73. The zero-order valence-electron chi connectivity index (χ0n) is 12.0. The first-order valence-corrected chi connectivity index (χ1v) is 6.75. The Balaban J connectivity index is 2.12. The van der Waals surface area contributed by atoms with Crippen LogP contribution in [0, 0.1) is 5.82 Å². The van der Waals surface area contributed by atoms with Gasteiger partial charge >= 0.3 is 5.97 Å². The summed E-state index contributed by atoms with van der Waals surface area (Å²) in [5, 5.41) is 15.2. The summed E-state index contributed by atoms with van der Waals surface area (Å²) in [5.41, 5.74) is 1.53. The number of carboxylic acids is 1. The maximum atomic E-state index is 13.0. The molecular weight excluding hydrogens is 289 g/mol. The molecule has 0 aliphatic carbocycles. The largest absolute Gasteiger partial charge is 0.481 e. The molecule has 0 spiro atoms. The van der Waals surface area contributed by atoms with Gasteiger partial charge in [-0.3, -0.25) is 14.7 Å². The topological polar surface area (TPSA) is 86.3 Å². The molecule has 2 N–H and O–H groups in total. The van der Waals surface area contributed by atoms with E-state index in [0.29, 0.717) is 29.8 Å². The molecule has 0 atom stereocenters. The van der Waals surface area contributed by atoms with Gasteiger partial charge in [0.25, 0.3) is 5.91 Å². The molecule has 22 heavy (non-hydrogen) atoms. The molecule has 0 aliphatic heterocycles. The number of aromatic amines is 1. The Hall–Kier alpha value is -2.70. The molecule has 6 nitrogen and oxygen atoms in total. The quantitative estimate of drug-likeness (QED) is 0.856. The predicted molar refractivity (Wildman–Crippen MR) is 77.8 cm³/mol. The number of carbonyl (C=O) groups excluding carboxylic acids is 1. The van der Waals surface area contributed by atoms with Gasteiger partial charge in [0, 0.05) is 25.6 Å². The van der Waals surface area contributed by atoms with Crippen LogP contribution in [0.25, 0.3) is 11.3 Å². The molecule has 0 saturated heterocycles. The Morgan fingerprint density at radius 1 is 1.32 bits per heavy atom. The van der Waals surface area contributed by atoms with Crippen LogP contribution >= 0.6 is 0 Å². The minimum Gasteiger partial charge on any atom is -0.481 e. The summed E-state index contributed by atoms with van der Waals surface area (Å²) in [7, 11) is 1.60. The molecule has 0 fully saturated rings. The highest BCUT2D eigenvalue weighted by Gasteiger charge is 2.18. The fourth-order valence-corrected chi connectivity index (χ4v) is 2.06. The third-order valence-electron chi connectivity index (χ3n) is 3.23. The van der Waals surface area contributed by atoms with Crippen molar-refractivity contribution < 1.29 is 19.1 Å². The maximum Gasteiger partial charge on any atom is 0.303 e. The summed E-state index contributed by atoms with van der Waals surface area (Å²) in [4.78, 5) is 24.3.